The monoisotopic (exact) mass is 396 g/mol. The summed E-state index contributed by atoms with van der Waals surface area (Å²) in [7, 11) is 1.30. The summed E-state index contributed by atoms with van der Waals surface area (Å²) in [4.78, 5) is 24.7. The summed E-state index contributed by atoms with van der Waals surface area (Å²) in [5.41, 5.74) is -0.531. The maximum absolute atomic E-state index is 12.2. The third-order valence-electron chi connectivity index (χ3n) is 3.96. The van der Waals surface area contributed by atoms with Gasteiger partial charge in [0.1, 0.15) is 5.76 Å². The number of aromatic hydroxyl groups is 1. The quantitative estimate of drug-likeness (QED) is 0.544. The summed E-state index contributed by atoms with van der Waals surface area (Å²) >= 11 is 7.56. The lowest BCUT2D eigenvalue weighted by atomic mass is 9.89. The van der Waals surface area contributed by atoms with E-state index in [4.69, 9.17) is 20.8 Å². The molecule has 1 heterocycles. The topological polar surface area (TPSA) is 76.7 Å². The van der Waals surface area contributed by atoms with Crippen LogP contribution in [0, 0.1) is 5.92 Å². The van der Waals surface area contributed by atoms with Crippen molar-refractivity contribution in [2.45, 2.75) is 36.8 Å². The molecule has 0 spiro atoms. The van der Waals surface area contributed by atoms with Gasteiger partial charge in [0.05, 0.1) is 24.3 Å². The highest BCUT2D eigenvalue weighted by molar-refractivity contribution is 7.98. The Bertz CT molecular complexity index is 831. The molecule has 0 fully saturated rings. The first kappa shape index (κ1) is 20.4. The molecule has 1 unspecified atom stereocenters. The van der Waals surface area contributed by atoms with Crippen molar-refractivity contribution in [3.8, 4) is 5.75 Å². The predicted octanol–water partition coefficient (Wildman–Crippen LogP) is 4.59. The van der Waals surface area contributed by atoms with Crippen LogP contribution in [0.2, 0.25) is 5.02 Å². The molecule has 7 heteroatoms. The van der Waals surface area contributed by atoms with Gasteiger partial charge in [-0.15, -0.1) is 11.8 Å². The van der Waals surface area contributed by atoms with Crippen LogP contribution in [0.3, 0.4) is 0 Å². The van der Waals surface area contributed by atoms with E-state index in [0.29, 0.717) is 16.5 Å². The molecule has 1 aromatic heterocycles. The Morgan fingerprint density at radius 2 is 2.04 bits per heavy atom. The molecule has 5 nitrogen and oxygen atoms in total. The van der Waals surface area contributed by atoms with Gasteiger partial charge in [0.25, 0.3) is 0 Å². The molecule has 1 N–H and O–H groups in total. The molecule has 0 radical (unpaired) electrons. The Morgan fingerprint density at radius 3 is 2.65 bits per heavy atom. The van der Waals surface area contributed by atoms with Gasteiger partial charge in [0, 0.05) is 16.9 Å². The van der Waals surface area contributed by atoms with Crippen LogP contribution in [0.15, 0.2) is 44.4 Å². The van der Waals surface area contributed by atoms with E-state index in [-0.39, 0.29) is 18.1 Å². The number of benzene rings is 1. The Balaban J connectivity index is 2.31. The predicted molar refractivity (Wildman–Crippen MR) is 102 cm³/mol. The minimum Gasteiger partial charge on any atom is -0.502 e. The van der Waals surface area contributed by atoms with Crippen molar-refractivity contribution in [3.05, 3.63) is 57.1 Å². The standard InChI is InChI=1S/C19H21ClO5S/c1-11(2)13(9-17(22)24-3)19-18(23)15(21)8-12(25-19)10-26-16-7-5-4-6-14(16)20/h4-8,11,13,23H,9-10H2,1-3H3. The van der Waals surface area contributed by atoms with Gasteiger partial charge in [0.2, 0.25) is 11.2 Å². The SMILES string of the molecule is COC(=O)CC(c1oc(CSc2ccccc2Cl)cc(=O)c1O)C(C)C. The summed E-state index contributed by atoms with van der Waals surface area (Å²) in [5.74, 6) is -0.485. The highest BCUT2D eigenvalue weighted by atomic mass is 35.5. The van der Waals surface area contributed by atoms with Crippen molar-refractivity contribution < 1.29 is 19.1 Å². The van der Waals surface area contributed by atoms with Gasteiger partial charge < -0.3 is 14.3 Å². The number of thioether (sulfide) groups is 1. The Labute approximate surface area is 161 Å². The molecule has 0 saturated heterocycles. The maximum Gasteiger partial charge on any atom is 0.306 e. The van der Waals surface area contributed by atoms with Crippen LogP contribution >= 0.6 is 23.4 Å². The second kappa shape index (κ2) is 9.14. The lowest BCUT2D eigenvalue weighted by Gasteiger charge is -2.20. The number of esters is 1. The number of methoxy groups -OCH3 is 1. The Hall–Kier alpha value is -1.92. The van der Waals surface area contributed by atoms with Crippen LogP contribution in [0.1, 0.15) is 37.7 Å². The number of carbonyl (C=O) groups is 1. The van der Waals surface area contributed by atoms with E-state index in [0.717, 1.165) is 4.90 Å². The first-order valence-corrected chi connectivity index (χ1v) is 9.49. The molecule has 1 aromatic carbocycles. The van der Waals surface area contributed by atoms with Crippen LogP contribution in [-0.2, 0) is 15.3 Å². The van der Waals surface area contributed by atoms with Gasteiger partial charge >= 0.3 is 5.97 Å². The first-order valence-electron chi connectivity index (χ1n) is 8.13. The fraction of sp³-hybridized carbons (Fsp3) is 0.368. The third-order valence-corrected chi connectivity index (χ3v) is 5.50. The highest BCUT2D eigenvalue weighted by Crippen LogP contribution is 2.35. The van der Waals surface area contributed by atoms with E-state index in [1.54, 1.807) is 6.07 Å². The number of hydrogen-bond donors (Lipinski definition) is 1. The summed E-state index contributed by atoms with van der Waals surface area (Å²) in [5, 5.41) is 10.8. The molecule has 2 rings (SSSR count). The van der Waals surface area contributed by atoms with E-state index in [1.165, 1.54) is 24.9 Å². The summed E-state index contributed by atoms with van der Waals surface area (Å²) in [6.07, 6.45) is 0.0196. The fourth-order valence-electron chi connectivity index (χ4n) is 2.48. The average Bonchev–Trinajstić information content (AvgIpc) is 2.61. The first-order chi connectivity index (χ1) is 12.3. The third kappa shape index (κ3) is 5.05. The second-order valence-corrected chi connectivity index (χ2v) is 7.56. The summed E-state index contributed by atoms with van der Waals surface area (Å²) in [6.45, 7) is 3.77. The summed E-state index contributed by atoms with van der Waals surface area (Å²) < 4.78 is 10.5. The zero-order valence-corrected chi connectivity index (χ0v) is 16.4. The minimum atomic E-state index is -0.531. The van der Waals surface area contributed by atoms with Crippen LogP contribution in [0.25, 0.3) is 0 Å². The lowest BCUT2D eigenvalue weighted by molar-refractivity contribution is -0.141. The number of carbonyl (C=O) groups excluding carboxylic acids is 1. The van der Waals surface area contributed by atoms with E-state index in [9.17, 15) is 14.7 Å². The van der Waals surface area contributed by atoms with Crippen molar-refractivity contribution in [2.75, 3.05) is 7.11 Å². The number of halogens is 1. The second-order valence-electron chi connectivity index (χ2n) is 6.14. The fourth-order valence-corrected chi connectivity index (χ4v) is 3.60. The lowest BCUT2D eigenvalue weighted by Crippen LogP contribution is -2.16. The van der Waals surface area contributed by atoms with Gasteiger partial charge in [0.15, 0.2) is 5.76 Å². The van der Waals surface area contributed by atoms with E-state index < -0.39 is 23.1 Å². The van der Waals surface area contributed by atoms with Gasteiger partial charge in [-0.3, -0.25) is 9.59 Å². The molecule has 26 heavy (non-hydrogen) atoms. The molecular weight excluding hydrogens is 376 g/mol. The van der Waals surface area contributed by atoms with Gasteiger partial charge in [-0.2, -0.15) is 0 Å². The van der Waals surface area contributed by atoms with Gasteiger partial charge in [-0.25, -0.2) is 0 Å². The molecule has 0 bridgehead atoms. The zero-order chi connectivity index (χ0) is 19.3. The van der Waals surface area contributed by atoms with E-state index in [2.05, 4.69) is 0 Å². The van der Waals surface area contributed by atoms with Gasteiger partial charge in [-0.1, -0.05) is 37.6 Å². The smallest absolute Gasteiger partial charge is 0.306 e. The Kier molecular flexibility index (Phi) is 7.17. The molecule has 0 aliphatic rings. The summed E-state index contributed by atoms with van der Waals surface area (Å²) in [6, 6.07) is 8.63. The van der Waals surface area contributed by atoms with Gasteiger partial charge in [-0.05, 0) is 18.1 Å². The largest absolute Gasteiger partial charge is 0.502 e. The molecule has 1 atom stereocenters. The van der Waals surface area contributed by atoms with Crippen molar-refractivity contribution >= 4 is 29.3 Å². The average molecular weight is 397 g/mol. The molecule has 2 aromatic rings. The van der Waals surface area contributed by atoms with Crippen LogP contribution < -0.4 is 5.43 Å². The van der Waals surface area contributed by atoms with Crippen molar-refractivity contribution in [1.29, 1.82) is 0 Å². The van der Waals surface area contributed by atoms with Crippen LogP contribution in [0.5, 0.6) is 5.75 Å². The highest BCUT2D eigenvalue weighted by Gasteiger charge is 2.27. The molecule has 0 aliphatic carbocycles. The number of hydrogen-bond acceptors (Lipinski definition) is 6. The van der Waals surface area contributed by atoms with Crippen LogP contribution in [0.4, 0.5) is 0 Å². The van der Waals surface area contributed by atoms with Crippen molar-refractivity contribution in [2.24, 2.45) is 5.92 Å². The minimum absolute atomic E-state index is 0.0196. The van der Waals surface area contributed by atoms with Crippen molar-refractivity contribution in [1.82, 2.24) is 0 Å². The molecular formula is C19H21ClO5S. The Morgan fingerprint density at radius 1 is 1.35 bits per heavy atom. The van der Waals surface area contributed by atoms with E-state index >= 15 is 0 Å². The molecule has 140 valence electrons. The number of ether oxygens (including phenoxy) is 1. The molecule has 0 aliphatic heterocycles. The normalized spacial score (nSPS) is 12.2. The van der Waals surface area contributed by atoms with Crippen molar-refractivity contribution in [3.63, 3.8) is 0 Å². The van der Waals surface area contributed by atoms with Crippen LogP contribution in [-0.4, -0.2) is 18.2 Å². The maximum atomic E-state index is 12.2. The number of rotatable bonds is 7. The molecule has 0 saturated carbocycles. The van der Waals surface area contributed by atoms with E-state index in [1.807, 2.05) is 32.0 Å². The molecule has 0 amide bonds. The zero-order valence-electron chi connectivity index (χ0n) is 14.8.